The van der Waals surface area contributed by atoms with Crippen molar-refractivity contribution in [3.05, 3.63) is 29.3 Å². The zero-order valence-corrected chi connectivity index (χ0v) is 10.7. The van der Waals surface area contributed by atoms with Gasteiger partial charge in [-0.3, -0.25) is 4.79 Å². The van der Waals surface area contributed by atoms with Crippen LogP contribution in [0.4, 0.5) is 0 Å². The largest absolute Gasteiger partial charge is 0.508 e. The summed E-state index contributed by atoms with van der Waals surface area (Å²) in [6, 6.07) is 4.40. The lowest BCUT2D eigenvalue weighted by atomic mass is 10.0. The fourth-order valence-corrected chi connectivity index (χ4v) is 1.32. The van der Waals surface area contributed by atoms with Gasteiger partial charge in [0.1, 0.15) is 11.8 Å². The van der Waals surface area contributed by atoms with Gasteiger partial charge in [-0.2, -0.15) is 0 Å². The van der Waals surface area contributed by atoms with Gasteiger partial charge in [0.25, 0.3) is 0 Å². The van der Waals surface area contributed by atoms with E-state index in [-0.39, 0.29) is 22.7 Å². The van der Waals surface area contributed by atoms with Crippen LogP contribution in [0.15, 0.2) is 18.2 Å². The maximum Gasteiger partial charge on any atom is 0.320 e. The Morgan fingerprint density at radius 1 is 1.50 bits per heavy atom. The Hall–Kier alpha value is -1.07. The Kier molecular flexibility index (Phi) is 6.06. The second kappa shape index (κ2) is 6.50. The second-order valence-corrected chi connectivity index (χ2v) is 3.60. The normalized spacial score (nSPS) is 11.6. The van der Waals surface area contributed by atoms with E-state index in [2.05, 4.69) is 0 Å². The molecule has 0 amide bonds. The smallest absolute Gasteiger partial charge is 0.320 e. The number of halogens is 1. The van der Waals surface area contributed by atoms with Gasteiger partial charge in [-0.15, -0.1) is 17.0 Å². The van der Waals surface area contributed by atoms with Crippen LogP contribution < -0.4 is 5.73 Å². The molecule has 0 bridgehead atoms. The number of nitrogens with two attached hydrogens (primary N) is 1. The molecule has 16 heavy (non-hydrogen) atoms. The Labute approximate surface area is 105 Å². The van der Waals surface area contributed by atoms with Gasteiger partial charge in [0.2, 0.25) is 0 Å². The van der Waals surface area contributed by atoms with E-state index >= 15 is 0 Å². The summed E-state index contributed by atoms with van der Waals surface area (Å²) in [6.07, 6.45) is 1.01. The van der Waals surface area contributed by atoms with E-state index in [1.807, 2.05) is 6.07 Å². The molecule has 0 saturated carbocycles. The van der Waals surface area contributed by atoms with Crippen molar-refractivity contribution in [3.63, 3.8) is 0 Å². The number of carboxylic acid groups (broad SMARTS) is 1. The van der Waals surface area contributed by atoms with Crippen molar-refractivity contribution in [1.29, 1.82) is 0 Å². The minimum Gasteiger partial charge on any atom is -0.508 e. The molecule has 4 N–H and O–H groups in total. The highest BCUT2D eigenvalue weighted by molar-refractivity contribution is 8.93. The van der Waals surface area contributed by atoms with Gasteiger partial charge in [-0.25, -0.2) is 0 Å². The van der Waals surface area contributed by atoms with Crippen LogP contribution in [-0.2, 0) is 11.2 Å². The predicted molar refractivity (Wildman–Crippen MR) is 67.1 cm³/mol. The molecule has 0 aromatic heterocycles. The highest BCUT2D eigenvalue weighted by Crippen LogP contribution is 2.17. The molecule has 1 aromatic carbocycles. The van der Waals surface area contributed by atoms with Gasteiger partial charge in [0.15, 0.2) is 0 Å². The molecule has 1 aromatic rings. The topological polar surface area (TPSA) is 83.6 Å². The molecule has 0 spiro atoms. The van der Waals surface area contributed by atoms with Crippen LogP contribution in [0.3, 0.4) is 0 Å². The lowest BCUT2D eigenvalue weighted by molar-refractivity contribution is -0.138. The standard InChI is InChI=1S/C11H15NO3.BrH/c1-7-6-8(3-5-10(7)13)2-4-9(12)11(14)15;/h3,5-6,9,13H,2,4,12H2,1H3,(H,14,15);1H. The Morgan fingerprint density at radius 3 is 2.62 bits per heavy atom. The summed E-state index contributed by atoms with van der Waals surface area (Å²) >= 11 is 0. The van der Waals surface area contributed by atoms with Gasteiger partial charge in [-0.05, 0) is 37.0 Å². The fourth-order valence-electron chi connectivity index (χ4n) is 1.32. The lowest BCUT2D eigenvalue weighted by Crippen LogP contribution is -2.30. The average molecular weight is 290 g/mol. The van der Waals surface area contributed by atoms with Crippen LogP contribution in [0.1, 0.15) is 17.5 Å². The highest BCUT2D eigenvalue weighted by atomic mass is 79.9. The predicted octanol–water partition coefficient (Wildman–Crippen LogP) is 1.62. The summed E-state index contributed by atoms with van der Waals surface area (Å²) in [6.45, 7) is 1.80. The third kappa shape index (κ3) is 4.20. The number of carboxylic acids is 1. The maximum atomic E-state index is 10.5. The molecule has 4 nitrogen and oxygen atoms in total. The van der Waals surface area contributed by atoms with Gasteiger partial charge in [-0.1, -0.05) is 12.1 Å². The molecular weight excluding hydrogens is 274 g/mol. The molecule has 1 unspecified atom stereocenters. The molecule has 0 aliphatic heterocycles. The number of phenolic OH excluding ortho intramolecular Hbond substituents is 1. The molecule has 0 radical (unpaired) electrons. The first kappa shape index (κ1) is 14.9. The first-order chi connectivity index (χ1) is 7.00. The molecule has 0 fully saturated rings. The number of aromatic hydroxyl groups is 1. The monoisotopic (exact) mass is 289 g/mol. The summed E-state index contributed by atoms with van der Waals surface area (Å²) in [5.74, 6) is -0.730. The maximum absolute atomic E-state index is 10.5. The zero-order valence-electron chi connectivity index (χ0n) is 9.01. The molecular formula is C11H16BrNO3. The average Bonchev–Trinajstić information content (AvgIpc) is 2.19. The number of benzene rings is 1. The Bertz CT molecular complexity index is 368. The summed E-state index contributed by atoms with van der Waals surface area (Å²) in [5.41, 5.74) is 7.16. The summed E-state index contributed by atoms with van der Waals surface area (Å²) in [5, 5.41) is 17.9. The molecule has 0 aliphatic carbocycles. The van der Waals surface area contributed by atoms with Gasteiger partial charge < -0.3 is 15.9 Å². The van der Waals surface area contributed by atoms with Crippen LogP contribution in [-0.4, -0.2) is 22.2 Å². The van der Waals surface area contributed by atoms with Gasteiger partial charge >= 0.3 is 5.97 Å². The minimum atomic E-state index is -0.981. The first-order valence-corrected chi connectivity index (χ1v) is 4.77. The van der Waals surface area contributed by atoms with Crippen LogP contribution in [0, 0.1) is 6.92 Å². The van der Waals surface area contributed by atoms with Crippen molar-refractivity contribution in [2.45, 2.75) is 25.8 Å². The number of hydrogen-bond donors (Lipinski definition) is 3. The van der Waals surface area contributed by atoms with E-state index in [0.29, 0.717) is 12.8 Å². The first-order valence-electron chi connectivity index (χ1n) is 4.77. The summed E-state index contributed by atoms with van der Waals surface area (Å²) < 4.78 is 0. The van der Waals surface area contributed by atoms with Crippen molar-refractivity contribution >= 4 is 23.0 Å². The molecule has 0 heterocycles. The van der Waals surface area contributed by atoms with Gasteiger partial charge in [0, 0.05) is 0 Å². The lowest BCUT2D eigenvalue weighted by Gasteiger charge is -2.07. The van der Waals surface area contributed by atoms with E-state index in [9.17, 15) is 9.90 Å². The summed E-state index contributed by atoms with van der Waals surface area (Å²) in [4.78, 5) is 10.5. The van der Waals surface area contributed by atoms with E-state index in [1.54, 1.807) is 19.1 Å². The summed E-state index contributed by atoms with van der Waals surface area (Å²) in [7, 11) is 0. The number of phenols is 1. The van der Waals surface area contributed by atoms with Crippen LogP contribution >= 0.6 is 17.0 Å². The fraction of sp³-hybridized carbons (Fsp3) is 0.364. The number of hydrogen-bond acceptors (Lipinski definition) is 3. The third-order valence-corrected chi connectivity index (χ3v) is 2.32. The molecule has 0 aliphatic rings. The van der Waals surface area contributed by atoms with E-state index < -0.39 is 12.0 Å². The number of aliphatic carboxylic acids is 1. The van der Waals surface area contributed by atoms with Crippen molar-refractivity contribution < 1.29 is 15.0 Å². The zero-order chi connectivity index (χ0) is 11.4. The van der Waals surface area contributed by atoms with E-state index in [1.165, 1.54) is 0 Å². The molecule has 1 atom stereocenters. The quantitative estimate of drug-likeness (QED) is 0.787. The Morgan fingerprint density at radius 2 is 2.12 bits per heavy atom. The van der Waals surface area contributed by atoms with Crippen molar-refractivity contribution in [2.24, 2.45) is 5.73 Å². The number of rotatable bonds is 4. The number of aryl methyl sites for hydroxylation is 2. The SMILES string of the molecule is Br.Cc1cc(CCC(N)C(=O)O)ccc1O. The highest BCUT2D eigenvalue weighted by Gasteiger charge is 2.11. The third-order valence-electron chi connectivity index (χ3n) is 2.32. The van der Waals surface area contributed by atoms with E-state index in [4.69, 9.17) is 10.8 Å². The van der Waals surface area contributed by atoms with Crippen molar-refractivity contribution in [2.75, 3.05) is 0 Å². The Balaban J connectivity index is 0.00000225. The van der Waals surface area contributed by atoms with E-state index in [0.717, 1.165) is 11.1 Å². The number of carbonyl (C=O) groups is 1. The second-order valence-electron chi connectivity index (χ2n) is 3.60. The molecule has 90 valence electrons. The van der Waals surface area contributed by atoms with Crippen LogP contribution in [0.5, 0.6) is 5.75 Å². The van der Waals surface area contributed by atoms with Crippen LogP contribution in [0.2, 0.25) is 0 Å². The molecule has 5 heteroatoms. The molecule has 1 rings (SSSR count). The van der Waals surface area contributed by atoms with Crippen LogP contribution in [0.25, 0.3) is 0 Å². The van der Waals surface area contributed by atoms with Crippen molar-refractivity contribution in [3.8, 4) is 5.75 Å². The van der Waals surface area contributed by atoms with Gasteiger partial charge in [0.05, 0.1) is 0 Å². The minimum absolute atomic E-state index is 0. The molecule has 0 saturated heterocycles. The van der Waals surface area contributed by atoms with Crippen molar-refractivity contribution in [1.82, 2.24) is 0 Å².